The summed E-state index contributed by atoms with van der Waals surface area (Å²) in [6.45, 7) is 2.97. The number of amides is 1. The van der Waals surface area contributed by atoms with E-state index in [0.717, 1.165) is 0 Å². The third kappa shape index (κ3) is 3.69. The van der Waals surface area contributed by atoms with Crippen molar-refractivity contribution in [1.82, 2.24) is 19.4 Å². The number of sulfonamides is 1. The average Bonchev–Trinajstić information content (AvgIpc) is 3.04. The maximum atomic E-state index is 12.8. The SMILES string of the molecule is COc1ccc2c(c1)N[C@@H](C1CCN(C(=O)c3cn(C)nc3C)CC1)NS2(=O)=O. The van der Waals surface area contributed by atoms with E-state index in [1.165, 1.54) is 6.07 Å². The Morgan fingerprint density at radius 3 is 2.62 bits per heavy atom. The molecule has 156 valence electrons. The van der Waals surface area contributed by atoms with E-state index in [2.05, 4.69) is 15.1 Å². The number of methoxy groups -OCH3 is 1. The van der Waals surface area contributed by atoms with Crippen LogP contribution in [0.4, 0.5) is 5.69 Å². The Labute approximate surface area is 170 Å². The zero-order chi connectivity index (χ0) is 20.8. The van der Waals surface area contributed by atoms with Crippen LogP contribution in [0.5, 0.6) is 5.75 Å². The number of anilines is 1. The molecule has 0 aliphatic carbocycles. The fourth-order valence-corrected chi connectivity index (χ4v) is 5.41. The molecule has 10 heteroatoms. The highest BCUT2D eigenvalue weighted by atomic mass is 32.2. The second-order valence-electron chi connectivity index (χ2n) is 7.54. The van der Waals surface area contributed by atoms with E-state index < -0.39 is 16.2 Å². The number of carbonyl (C=O) groups excluding carboxylic acids is 1. The van der Waals surface area contributed by atoms with Crippen LogP contribution in [0.15, 0.2) is 29.3 Å². The summed E-state index contributed by atoms with van der Waals surface area (Å²) in [5.74, 6) is 0.642. The molecular weight excluding hydrogens is 394 g/mol. The smallest absolute Gasteiger partial charge is 0.257 e. The first-order valence-electron chi connectivity index (χ1n) is 9.55. The zero-order valence-electron chi connectivity index (χ0n) is 16.7. The van der Waals surface area contributed by atoms with Gasteiger partial charge < -0.3 is 15.0 Å². The summed E-state index contributed by atoms with van der Waals surface area (Å²) >= 11 is 0. The lowest BCUT2D eigenvalue weighted by Crippen LogP contribution is -2.52. The van der Waals surface area contributed by atoms with Crippen molar-refractivity contribution in [3.8, 4) is 5.75 Å². The first-order chi connectivity index (χ1) is 13.8. The molecule has 1 amide bonds. The number of nitrogens with zero attached hydrogens (tertiary/aromatic N) is 3. The minimum absolute atomic E-state index is 0.0266. The van der Waals surface area contributed by atoms with Crippen LogP contribution in [-0.4, -0.2) is 55.4 Å². The van der Waals surface area contributed by atoms with Gasteiger partial charge in [-0.15, -0.1) is 0 Å². The van der Waals surface area contributed by atoms with E-state index in [-0.39, 0.29) is 16.7 Å². The van der Waals surface area contributed by atoms with Crippen LogP contribution in [0.1, 0.15) is 28.9 Å². The summed E-state index contributed by atoms with van der Waals surface area (Å²) < 4.78 is 34.9. The fraction of sp³-hybridized carbons (Fsp3) is 0.474. The first kappa shape index (κ1) is 19.7. The quantitative estimate of drug-likeness (QED) is 0.777. The van der Waals surface area contributed by atoms with Crippen LogP contribution in [0.2, 0.25) is 0 Å². The van der Waals surface area contributed by atoms with E-state index in [9.17, 15) is 13.2 Å². The number of aromatic nitrogens is 2. The van der Waals surface area contributed by atoms with Gasteiger partial charge in [0, 0.05) is 32.4 Å². The molecule has 0 saturated carbocycles. The predicted molar refractivity (Wildman–Crippen MR) is 107 cm³/mol. The molecule has 1 fully saturated rings. The Kier molecular flexibility index (Phi) is 4.99. The fourth-order valence-electron chi connectivity index (χ4n) is 4.04. The van der Waals surface area contributed by atoms with Crippen LogP contribution in [0.25, 0.3) is 0 Å². The number of rotatable bonds is 3. The van der Waals surface area contributed by atoms with Gasteiger partial charge in [0.25, 0.3) is 5.91 Å². The Bertz CT molecular complexity index is 1040. The van der Waals surface area contributed by atoms with E-state index in [0.29, 0.717) is 48.6 Å². The molecule has 3 heterocycles. The summed E-state index contributed by atoms with van der Waals surface area (Å²) in [4.78, 5) is 14.8. The van der Waals surface area contributed by atoms with E-state index in [4.69, 9.17) is 4.74 Å². The van der Waals surface area contributed by atoms with Crippen molar-refractivity contribution < 1.29 is 17.9 Å². The third-order valence-electron chi connectivity index (χ3n) is 5.61. The summed E-state index contributed by atoms with van der Waals surface area (Å²) in [5, 5.41) is 7.54. The van der Waals surface area contributed by atoms with Crippen LogP contribution in [0, 0.1) is 12.8 Å². The molecule has 4 rings (SSSR count). The molecule has 1 saturated heterocycles. The van der Waals surface area contributed by atoms with Gasteiger partial charge in [0.05, 0.1) is 30.2 Å². The van der Waals surface area contributed by atoms with Gasteiger partial charge in [0.1, 0.15) is 10.6 Å². The van der Waals surface area contributed by atoms with E-state index in [1.807, 2.05) is 11.8 Å². The molecule has 1 atom stereocenters. The minimum atomic E-state index is -3.60. The number of likely N-dealkylation sites (tertiary alicyclic amines) is 1. The normalized spacial score (nSPS) is 21.3. The molecule has 2 N–H and O–H groups in total. The molecule has 9 nitrogen and oxygen atoms in total. The first-order valence-corrected chi connectivity index (χ1v) is 11.0. The van der Waals surface area contributed by atoms with Crippen molar-refractivity contribution in [2.45, 2.75) is 30.8 Å². The Morgan fingerprint density at radius 1 is 1.28 bits per heavy atom. The molecular formula is C19H25N5O4S. The monoisotopic (exact) mass is 419 g/mol. The lowest BCUT2D eigenvalue weighted by molar-refractivity contribution is 0.0678. The van der Waals surface area contributed by atoms with Gasteiger partial charge in [0.15, 0.2) is 0 Å². The number of benzene rings is 1. The summed E-state index contributed by atoms with van der Waals surface area (Å²) in [6, 6.07) is 4.87. The predicted octanol–water partition coefficient (Wildman–Crippen LogP) is 1.32. The van der Waals surface area contributed by atoms with Crippen molar-refractivity contribution >= 4 is 21.6 Å². The van der Waals surface area contributed by atoms with Gasteiger partial charge in [-0.05, 0) is 37.8 Å². The number of nitrogens with one attached hydrogen (secondary N) is 2. The maximum Gasteiger partial charge on any atom is 0.257 e. The molecule has 2 aliphatic rings. The second kappa shape index (κ2) is 7.34. The van der Waals surface area contributed by atoms with Gasteiger partial charge in [-0.3, -0.25) is 9.48 Å². The number of carbonyl (C=O) groups is 1. The molecule has 1 aromatic heterocycles. The molecule has 0 radical (unpaired) electrons. The van der Waals surface area contributed by atoms with Crippen LogP contribution < -0.4 is 14.8 Å². The number of fused-ring (bicyclic) bond motifs is 1. The highest BCUT2D eigenvalue weighted by molar-refractivity contribution is 7.89. The number of hydrogen-bond donors (Lipinski definition) is 2. The number of piperidine rings is 1. The highest BCUT2D eigenvalue weighted by Crippen LogP contribution is 2.33. The van der Waals surface area contributed by atoms with Gasteiger partial charge in [0.2, 0.25) is 10.0 Å². The summed E-state index contributed by atoms with van der Waals surface area (Å²) in [7, 11) is -0.258. The molecule has 2 aliphatic heterocycles. The van der Waals surface area contributed by atoms with Crippen LogP contribution >= 0.6 is 0 Å². The topological polar surface area (TPSA) is 106 Å². The summed E-state index contributed by atoms with van der Waals surface area (Å²) in [6.07, 6.45) is 2.72. The average molecular weight is 420 g/mol. The molecule has 29 heavy (non-hydrogen) atoms. The van der Waals surface area contributed by atoms with Crippen LogP contribution in [0.3, 0.4) is 0 Å². The lowest BCUT2D eigenvalue weighted by atomic mass is 9.93. The van der Waals surface area contributed by atoms with Gasteiger partial charge in [-0.1, -0.05) is 0 Å². The van der Waals surface area contributed by atoms with Gasteiger partial charge >= 0.3 is 0 Å². The third-order valence-corrected chi connectivity index (χ3v) is 7.11. The van der Waals surface area contributed by atoms with Crippen molar-refractivity contribution in [2.24, 2.45) is 13.0 Å². The lowest BCUT2D eigenvalue weighted by Gasteiger charge is -2.38. The zero-order valence-corrected chi connectivity index (χ0v) is 17.5. The minimum Gasteiger partial charge on any atom is -0.497 e. The molecule has 0 spiro atoms. The number of aryl methyl sites for hydroxylation is 2. The van der Waals surface area contributed by atoms with Crippen molar-refractivity contribution in [3.05, 3.63) is 35.7 Å². The molecule has 1 aromatic carbocycles. The Morgan fingerprint density at radius 2 is 2.00 bits per heavy atom. The van der Waals surface area contributed by atoms with Crippen molar-refractivity contribution in [3.63, 3.8) is 0 Å². The highest BCUT2D eigenvalue weighted by Gasteiger charge is 2.36. The van der Waals surface area contributed by atoms with Gasteiger partial charge in [-0.2, -0.15) is 9.82 Å². The maximum absolute atomic E-state index is 12.8. The summed E-state index contributed by atoms with van der Waals surface area (Å²) in [5.41, 5.74) is 1.87. The standard InChI is InChI=1S/C19H25N5O4S/c1-12-15(11-23(2)21-12)19(25)24-8-6-13(7-9-24)18-20-16-10-14(28-3)4-5-17(16)29(26,27)22-18/h4-5,10-11,13,18,20,22H,6-9H2,1-3H3/t18-/m1/s1. The van der Waals surface area contributed by atoms with Gasteiger partial charge in [-0.25, -0.2) is 8.42 Å². The molecule has 0 unspecified atom stereocenters. The van der Waals surface area contributed by atoms with Crippen molar-refractivity contribution in [1.29, 1.82) is 0 Å². The van der Waals surface area contributed by atoms with E-state index in [1.54, 1.807) is 37.2 Å². The van der Waals surface area contributed by atoms with Crippen molar-refractivity contribution in [2.75, 3.05) is 25.5 Å². The number of ether oxygens (including phenoxy) is 1. The Balaban J connectivity index is 1.46. The second-order valence-corrected chi connectivity index (χ2v) is 9.22. The van der Waals surface area contributed by atoms with Crippen LogP contribution in [-0.2, 0) is 17.1 Å². The van der Waals surface area contributed by atoms with E-state index >= 15 is 0 Å². The largest absolute Gasteiger partial charge is 0.497 e. The number of hydrogen-bond acceptors (Lipinski definition) is 6. The molecule has 2 aromatic rings. The Hall–Kier alpha value is -2.59. The molecule has 0 bridgehead atoms.